The van der Waals surface area contributed by atoms with Crippen LogP contribution in [-0.4, -0.2) is 34.6 Å². The molecule has 2 heterocycles. The van der Waals surface area contributed by atoms with Crippen LogP contribution in [0.3, 0.4) is 0 Å². The number of rotatable bonds is 4. The summed E-state index contributed by atoms with van der Waals surface area (Å²) in [6.07, 6.45) is 2.67. The zero-order valence-electron chi connectivity index (χ0n) is 11.6. The number of hydrogen-bond donors (Lipinski definition) is 1. The topological polar surface area (TPSA) is 62.3 Å². The summed E-state index contributed by atoms with van der Waals surface area (Å²) in [5.74, 6) is 0. The molecule has 0 amide bonds. The number of aryl methyl sites for hydroxylation is 1. The van der Waals surface area contributed by atoms with E-state index in [1.54, 1.807) is 6.20 Å². The Hall–Kier alpha value is -0.845. The van der Waals surface area contributed by atoms with E-state index in [1.165, 1.54) is 0 Å². The minimum atomic E-state index is -0.352. The molecule has 1 aliphatic heterocycles. The monoisotopic (exact) mass is 251 g/mol. The van der Waals surface area contributed by atoms with E-state index in [0.29, 0.717) is 6.54 Å². The van der Waals surface area contributed by atoms with E-state index in [2.05, 4.69) is 5.10 Å². The third kappa shape index (κ3) is 2.32. The summed E-state index contributed by atoms with van der Waals surface area (Å²) in [6.45, 7) is 9.65. The molecule has 1 aromatic heterocycles. The van der Waals surface area contributed by atoms with Crippen LogP contribution >= 0.6 is 0 Å². The van der Waals surface area contributed by atoms with Gasteiger partial charge < -0.3 is 15.0 Å². The highest BCUT2D eigenvalue weighted by Gasteiger charge is 2.52. The van der Waals surface area contributed by atoms with Gasteiger partial charge in [0.25, 0.3) is 0 Å². The normalized spacial score (nSPS) is 21.5. The summed E-state index contributed by atoms with van der Waals surface area (Å²) in [4.78, 5) is 0. The lowest BCUT2D eigenvalue weighted by Gasteiger charge is -2.32. The predicted octanol–water partition coefficient (Wildman–Crippen LogP) is 0.531. The van der Waals surface area contributed by atoms with Crippen molar-refractivity contribution in [3.63, 3.8) is 0 Å². The van der Waals surface area contributed by atoms with E-state index in [0.717, 1.165) is 18.6 Å². The number of nitrogens with zero attached hydrogens (tertiary/aromatic N) is 2. The van der Waals surface area contributed by atoms with Gasteiger partial charge in [0.1, 0.15) is 0 Å². The van der Waals surface area contributed by atoms with Crippen LogP contribution in [0.4, 0.5) is 0 Å². The second-order valence-electron chi connectivity index (χ2n) is 5.71. The highest BCUT2D eigenvalue weighted by atomic mass is 16.7. The van der Waals surface area contributed by atoms with Gasteiger partial charge >= 0.3 is 7.12 Å². The first-order valence-electron chi connectivity index (χ1n) is 6.45. The molecule has 0 saturated carbocycles. The third-order valence-corrected chi connectivity index (χ3v) is 3.82. The van der Waals surface area contributed by atoms with E-state index in [-0.39, 0.29) is 18.3 Å². The second kappa shape index (κ2) is 4.68. The lowest BCUT2D eigenvalue weighted by molar-refractivity contribution is 0.00578. The predicted molar refractivity (Wildman–Crippen MR) is 71.6 cm³/mol. The summed E-state index contributed by atoms with van der Waals surface area (Å²) in [5.41, 5.74) is 5.85. The molecule has 0 unspecified atom stereocenters. The Balaban J connectivity index is 2.17. The maximum atomic E-state index is 6.01. The zero-order valence-corrected chi connectivity index (χ0v) is 11.6. The number of nitrogens with two attached hydrogens (primary N) is 1. The molecule has 1 fully saturated rings. The van der Waals surface area contributed by atoms with Gasteiger partial charge in [0.2, 0.25) is 0 Å². The molecule has 0 atom stereocenters. The van der Waals surface area contributed by atoms with Gasteiger partial charge in [-0.05, 0) is 46.7 Å². The van der Waals surface area contributed by atoms with E-state index >= 15 is 0 Å². The molecule has 0 bridgehead atoms. The van der Waals surface area contributed by atoms with Crippen LogP contribution in [0, 0.1) is 0 Å². The van der Waals surface area contributed by atoms with E-state index < -0.39 is 0 Å². The lowest BCUT2D eigenvalue weighted by atomic mass is 9.84. The van der Waals surface area contributed by atoms with Gasteiger partial charge in [-0.3, -0.25) is 4.68 Å². The van der Waals surface area contributed by atoms with Crippen molar-refractivity contribution in [2.45, 2.75) is 51.9 Å². The Morgan fingerprint density at radius 1 is 1.28 bits per heavy atom. The molecule has 6 heteroatoms. The van der Waals surface area contributed by atoms with Gasteiger partial charge in [0.15, 0.2) is 0 Å². The standard InChI is InChI=1S/C12H22BN3O2/c1-11(2)12(3,4)18-13(17-11)10-6-8-15-16(10)9-5-7-14/h6,8H,5,7,9,14H2,1-4H3. The molecule has 1 aromatic rings. The maximum Gasteiger partial charge on any atom is 0.514 e. The number of aromatic nitrogens is 2. The Morgan fingerprint density at radius 2 is 1.89 bits per heavy atom. The van der Waals surface area contributed by atoms with Crippen molar-refractivity contribution in [1.29, 1.82) is 0 Å². The average Bonchev–Trinajstić information content (AvgIpc) is 2.79. The Kier molecular flexibility index (Phi) is 3.53. The summed E-state index contributed by atoms with van der Waals surface area (Å²) >= 11 is 0. The van der Waals surface area contributed by atoms with Crippen molar-refractivity contribution in [2.75, 3.05) is 6.54 Å². The Labute approximate surface area is 109 Å². The Morgan fingerprint density at radius 3 is 2.44 bits per heavy atom. The van der Waals surface area contributed by atoms with Crippen molar-refractivity contribution in [1.82, 2.24) is 9.78 Å². The van der Waals surface area contributed by atoms with Crippen LogP contribution in [0.1, 0.15) is 34.1 Å². The Bertz CT molecular complexity index is 401. The summed E-state index contributed by atoms with van der Waals surface area (Å²) in [6, 6.07) is 1.94. The van der Waals surface area contributed by atoms with Gasteiger partial charge in [-0.1, -0.05) is 0 Å². The molecule has 0 spiro atoms. The van der Waals surface area contributed by atoms with E-state index in [9.17, 15) is 0 Å². The number of hydrogen-bond acceptors (Lipinski definition) is 4. The molecule has 1 saturated heterocycles. The minimum absolute atomic E-state index is 0.319. The first-order chi connectivity index (χ1) is 8.37. The van der Waals surface area contributed by atoms with Crippen molar-refractivity contribution in [3.05, 3.63) is 12.3 Å². The molecule has 0 aromatic carbocycles. The van der Waals surface area contributed by atoms with Crippen molar-refractivity contribution < 1.29 is 9.31 Å². The van der Waals surface area contributed by atoms with Crippen LogP contribution in [-0.2, 0) is 15.9 Å². The molecular formula is C12H22BN3O2. The van der Waals surface area contributed by atoms with Crippen LogP contribution in [0.2, 0.25) is 0 Å². The smallest absolute Gasteiger partial charge is 0.398 e. The highest BCUT2D eigenvalue weighted by molar-refractivity contribution is 6.61. The van der Waals surface area contributed by atoms with Gasteiger partial charge in [-0.2, -0.15) is 5.10 Å². The molecule has 0 radical (unpaired) electrons. The SMILES string of the molecule is CC1(C)OB(c2ccnn2CCCN)OC1(C)C. The summed E-state index contributed by atoms with van der Waals surface area (Å²) in [7, 11) is -0.352. The molecule has 18 heavy (non-hydrogen) atoms. The largest absolute Gasteiger partial charge is 0.514 e. The average molecular weight is 251 g/mol. The van der Waals surface area contributed by atoms with Crippen molar-refractivity contribution in [2.24, 2.45) is 5.73 Å². The molecule has 0 aliphatic carbocycles. The summed E-state index contributed by atoms with van der Waals surface area (Å²) in [5, 5.41) is 4.29. The van der Waals surface area contributed by atoms with Gasteiger partial charge in [0.05, 0.1) is 16.8 Å². The fraction of sp³-hybridized carbons (Fsp3) is 0.750. The maximum absolute atomic E-state index is 6.01. The lowest BCUT2D eigenvalue weighted by Crippen LogP contribution is -2.41. The molecule has 100 valence electrons. The van der Waals surface area contributed by atoms with Gasteiger partial charge in [-0.25, -0.2) is 0 Å². The molecular weight excluding hydrogens is 229 g/mol. The van der Waals surface area contributed by atoms with E-state index in [4.69, 9.17) is 15.0 Å². The fourth-order valence-electron chi connectivity index (χ4n) is 1.93. The van der Waals surface area contributed by atoms with Crippen LogP contribution in [0.5, 0.6) is 0 Å². The highest BCUT2D eigenvalue weighted by Crippen LogP contribution is 2.36. The van der Waals surface area contributed by atoms with Gasteiger partial charge in [-0.15, -0.1) is 0 Å². The zero-order chi connectivity index (χ0) is 13.4. The first kappa shape index (κ1) is 13.6. The second-order valence-corrected chi connectivity index (χ2v) is 5.71. The van der Waals surface area contributed by atoms with Crippen LogP contribution in [0.25, 0.3) is 0 Å². The first-order valence-corrected chi connectivity index (χ1v) is 6.45. The van der Waals surface area contributed by atoms with Gasteiger partial charge in [0, 0.05) is 12.7 Å². The van der Waals surface area contributed by atoms with Crippen LogP contribution in [0.15, 0.2) is 12.3 Å². The quantitative estimate of drug-likeness (QED) is 0.793. The summed E-state index contributed by atoms with van der Waals surface area (Å²) < 4.78 is 13.9. The molecule has 5 nitrogen and oxygen atoms in total. The van der Waals surface area contributed by atoms with Crippen molar-refractivity contribution in [3.8, 4) is 0 Å². The minimum Gasteiger partial charge on any atom is -0.398 e. The molecule has 2 N–H and O–H groups in total. The fourth-order valence-corrected chi connectivity index (χ4v) is 1.93. The third-order valence-electron chi connectivity index (χ3n) is 3.82. The van der Waals surface area contributed by atoms with Crippen molar-refractivity contribution >= 4 is 12.7 Å². The molecule has 1 aliphatic rings. The molecule has 2 rings (SSSR count). The van der Waals surface area contributed by atoms with Crippen LogP contribution < -0.4 is 11.3 Å². The van der Waals surface area contributed by atoms with E-state index in [1.807, 2.05) is 38.4 Å².